The summed E-state index contributed by atoms with van der Waals surface area (Å²) in [6.45, 7) is 5.58. The van der Waals surface area contributed by atoms with E-state index < -0.39 is 0 Å². The third-order valence-electron chi connectivity index (χ3n) is 3.63. The van der Waals surface area contributed by atoms with Gasteiger partial charge in [0.2, 0.25) is 0 Å². The lowest BCUT2D eigenvalue weighted by molar-refractivity contribution is 0.428. The molecule has 0 unspecified atom stereocenters. The predicted octanol–water partition coefficient (Wildman–Crippen LogP) is 6.65. The van der Waals surface area contributed by atoms with Crippen LogP contribution in [0, 0.1) is 0 Å². The van der Waals surface area contributed by atoms with Gasteiger partial charge >= 0.3 is 0 Å². The minimum Gasteiger partial charge on any atom is -0.380 e. The van der Waals surface area contributed by atoms with E-state index in [-0.39, 0.29) is 0 Å². The van der Waals surface area contributed by atoms with Crippen LogP contribution in [0.5, 0.6) is 0 Å². The molecule has 22 heavy (non-hydrogen) atoms. The molecule has 0 saturated carbocycles. The molecule has 0 radical (unpaired) electrons. The van der Waals surface area contributed by atoms with Crippen molar-refractivity contribution in [3.63, 3.8) is 0 Å². The molecule has 0 aromatic carbocycles. The molecule has 0 N–H and O–H groups in total. The van der Waals surface area contributed by atoms with Crippen molar-refractivity contribution in [3.8, 4) is 0 Å². The van der Waals surface area contributed by atoms with Crippen molar-refractivity contribution in [1.82, 2.24) is 4.90 Å². The van der Waals surface area contributed by atoms with Crippen molar-refractivity contribution < 1.29 is 0 Å². The summed E-state index contributed by atoms with van der Waals surface area (Å²) in [5.41, 5.74) is 0. The van der Waals surface area contributed by atoms with Gasteiger partial charge in [-0.25, -0.2) is 0 Å². The van der Waals surface area contributed by atoms with E-state index in [0.717, 1.165) is 13.0 Å². The van der Waals surface area contributed by atoms with Crippen molar-refractivity contribution in [3.05, 3.63) is 48.7 Å². The van der Waals surface area contributed by atoms with Crippen LogP contribution in [-0.2, 0) is 0 Å². The maximum absolute atomic E-state index is 2.28. The van der Waals surface area contributed by atoms with Gasteiger partial charge in [-0.05, 0) is 25.1 Å². The minimum atomic E-state index is 1.09. The number of nitrogens with zero attached hydrogens (tertiary/aromatic N) is 1. The summed E-state index contributed by atoms with van der Waals surface area (Å²) < 4.78 is 0. The highest BCUT2D eigenvalue weighted by Gasteiger charge is 1.93. The second-order valence-corrected chi connectivity index (χ2v) is 5.90. The fourth-order valence-electron chi connectivity index (χ4n) is 2.24. The molecular formula is C21H37N. The lowest BCUT2D eigenvalue weighted by Crippen LogP contribution is -2.11. The largest absolute Gasteiger partial charge is 0.380 e. The van der Waals surface area contributed by atoms with Gasteiger partial charge in [0.1, 0.15) is 0 Å². The number of hydrogen-bond donors (Lipinski definition) is 0. The van der Waals surface area contributed by atoms with Crippen molar-refractivity contribution in [2.24, 2.45) is 0 Å². The standard InChI is InChI=1S/C21H37N/c1-4-6-8-10-12-14-16-18-20-22(3)21-19-17-15-13-11-9-7-5-2/h6,8,10,12,14,16,18,20H,4-5,7,9,11,13,15,17,19,21H2,1-3H3/b8-6+,12-10+,16-14+,20-18-. The Balaban J connectivity index is 3.50. The molecule has 0 heterocycles. The summed E-state index contributed by atoms with van der Waals surface area (Å²) in [5, 5.41) is 0. The van der Waals surface area contributed by atoms with E-state index in [1.54, 1.807) is 0 Å². The summed E-state index contributed by atoms with van der Waals surface area (Å²) in [4.78, 5) is 2.28. The monoisotopic (exact) mass is 303 g/mol. The topological polar surface area (TPSA) is 3.24 Å². The van der Waals surface area contributed by atoms with E-state index in [2.05, 4.69) is 74.5 Å². The van der Waals surface area contributed by atoms with Crippen LogP contribution in [0.1, 0.15) is 71.6 Å². The van der Waals surface area contributed by atoms with E-state index in [4.69, 9.17) is 0 Å². The Morgan fingerprint density at radius 2 is 1.18 bits per heavy atom. The highest BCUT2D eigenvalue weighted by atomic mass is 15.1. The van der Waals surface area contributed by atoms with Crippen LogP contribution >= 0.6 is 0 Å². The second-order valence-electron chi connectivity index (χ2n) is 5.90. The maximum Gasteiger partial charge on any atom is 0.0169 e. The summed E-state index contributed by atoms with van der Waals surface area (Å²) in [6.07, 6.45) is 29.0. The molecule has 0 bridgehead atoms. The predicted molar refractivity (Wildman–Crippen MR) is 102 cm³/mol. The average molecular weight is 304 g/mol. The third-order valence-corrected chi connectivity index (χ3v) is 3.63. The molecule has 0 aromatic rings. The van der Waals surface area contributed by atoms with E-state index in [1.807, 2.05) is 0 Å². The molecule has 0 aliphatic heterocycles. The number of unbranched alkanes of at least 4 members (excludes halogenated alkanes) is 7. The van der Waals surface area contributed by atoms with Crippen molar-refractivity contribution in [1.29, 1.82) is 0 Å². The fraction of sp³-hybridized carbons (Fsp3) is 0.619. The molecule has 0 amide bonds. The Morgan fingerprint density at radius 1 is 0.636 bits per heavy atom. The van der Waals surface area contributed by atoms with Crippen LogP contribution < -0.4 is 0 Å². The number of rotatable bonds is 14. The Hall–Kier alpha value is -1.24. The van der Waals surface area contributed by atoms with E-state index in [9.17, 15) is 0 Å². The third kappa shape index (κ3) is 16.8. The summed E-state index contributed by atoms with van der Waals surface area (Å²) in [5.74, 6) is 0. The zero-order valence-corrected chi connectivity index (χ0v) is 15.1. The van der Waals surface area contributed by atoms with Crippen LogP contribution in [-0.4, -0.2) is 18.5 Å². The molecule has 1 nitrogen and oxygen atoms in total. The van der Waals surface area contributed by atoms with Gasteiger partial charge in [0, 0.05) is 13.6 Å². The Morgan fingerprint density at radius 3 is 1.82 bits per heavy atom. The molecule has 0 aliphatic rings. The molecule has 0 aromatic heterocycles. The summed E-state index contributed by atoms with van der Waals surface area (Å²) >= 11 is 0. The minimum absolute atomic E-state index is 1.09. The zero-order chi connectivity index (χ0) is 16.3. The Bertz CT molecular complexity index is 323. The normalized spacial score (nSPS) is 12.5. The Kier molecular flexibility index (Phi) is 16.8. The van der Waals surface area contributed by atoms with Gasteiger partial charge in [0.25, 0.3) is 0 Å². The zero-order valence-electron chi connectivity index (χ0n) is 15.1. The molecule has 0 atom stereocenters. The highest BCUT2D eigenvalue weighted by Crippen LogP contribution is 2.08. The average Bonchev–Trinajstić information content (AvgIpc) is 2.52. The molecule has 126 valence electrons. The first kappa shape index (κ1) is 20.8. The lowest BCUT2D eigenvalue weighted by atomic mass is 10.1. The fourth-order valence-corrected chi connectivity index (χ4v) is 2.24. The Labute approximate surface area is 139 Å². The molecule has 0 fully saturated rings. The molecule has 0 saturated heterocycles. The van der Waals surface area contributed by atoms with E-state index in [0.29, 0.717) is 0 Å². The SMILES string of the molecule is CC/C=C/C=C/C=C/C=C\N(C)CCCCCCCCCC. The van der Waals surface area contributed by atoms with Crippen LogP contribution in [0.4, 0.5) is 0 Å². The van der Waals surface area contributed by atoms with Gasteiger partial charge in [0.15, 0.2) is 0 Å². The molecule has 0 rings (SSSR count). The van der Waals surface area contributed by atoms with Crippen LogP contribution in [0.25, 0.3) is 0 Å². The molecule has 1 heteroatoms. The van der Waals surface area contributed by atoms with Crippen molar-refractivity contribution >= 4 is 0 Å². The molecule has 0 aliphatic carbocycles. The van der Waals surface area contributed by atoms with E-state index in [1.165, 1.54) is 51.4 Å². The van der Waals surface area contributed by atoms with Gasteiger partial charge in [-0.15, -0.1) is 0 Å². The molecular weight excluding hydrogens is 266 g/mol. The molecule has 0 spiro atoms. The highest BCUT2D eigenvalue weighted by molar-refractivity contribution is 5.15. The van der Waals surface area contributed by atoms with Crippen LogP contribution in [0.15, 0.2) is 48.7 Å². The van der Waals surface area contributed by atoms with E-state index >= 15 is 0 Å². The second kappa shape index (κ2) is 17.8. The lowest BCUT2D eigenvalue weighted by Gasteiger charge is -2.13. The van der Waals surface area contributed by atoms with Gasteiger partial charge < -0.3 is 4.90 Å². The smallest absolute Gasteiger partial charge is 0.0169 e. The summed E-state index contributed by atoms with van der Waals surface area (Å²) in [6, 6.07) is 0. The quantitative estimate of drug-likeness (QED) is 0.256. The first-order chi connectivity index (χ1) is 10.8. The van der Waals surface area contributed by atoms with Crippen molar-refractivity contribution in [2.75, 3.05) is 13.6 Å². The van der Waals surface area contributed by atoms with Gasteiger partial charge in [-0.1, -0.05) is 95.2 Å². The summed E-state index contributed by atoms with van der Waals surface area (Å²) in [7, 11) is 2.16. The van der Waals surface area contributed by atoms with Gasteiger partial charge in [-0.3, -0.25) is 0 Å². The first-order valence-electron chi connectivity index (χ1n) is 9.18. The van der Waals surface area contributed by atoms with Gasteiger partial charge in [-0.2, -0.15) is 0 Å². The van der Waals surface area contributed by atoms with Crippen LogP contribution in [0.2, 0.25) is 0 Å². The van der Waals surface area contributed by atoms with Gasteiger partial charge in [0.05, 0.1) is 0 Å². The number of hydrogen-bond acceptors (Lipinski definition) is 1. The van der Waals surface area contributed by atoms with Crippen LogP contribution in [0.3, 0.4) is 0 Å². The first-order valence-corrected chi connectivity index (χ1v) is 9.18. The van der Waals surface area contributed by atoms with Crippen molar-refractivity contribution in [2.45, 2.75) is 71.6 Å². The number of allylic oxidation sites excluding steroid dienone is 7. The maximum atomic E-state index is 2.28.